The fourth-order valence-corrected chi connectivity index (χ4v) is 4.63. The van der Waals surface area contributed by atoms with Gasteiger partial charge in [-0.2, -0.15) is 0 Å². The van der Waals surface area contributed by atoms with Crippen LogP contribution in [0.3, 0.4) is 0 Å². The summed E-state index contributed by atoms with van der Waals surface area (Å²) in [6, 6.07) is 3.01. The first-order valence-corrected chi connectivity index (χ1v) is 11.9. The van der Waals surface area contributed by atoms with Gasteiger partial charge in [-0.15, -0.1) is 0 Å². The highest BCUT2D eigenvalue weighted by molar-refractivity contribution is 6.33. The first kappa shape index (κ1) is 25.1. The highest BCUT2D eigenvalue weighted by Gasteiger charge is 2.32. The van der Waals surface area contributed by atoms with E-state index in [0.717, 1.165) is 0 Å². The summed E-state index contributed by atoms with van der Waals surface area (Å²) in [5, 5.41) is 3.32. The smallest absolute Gasteiger partial charge is 0.255 e. The molecule has 2 aliphatic rings. The highest BCUT2D eigenvalue weighted by atomic mass is 35.5. The average molecular weight is 480 g/mol. The molecular formula is C23H34ClN5O4. The lowest BCUT2D eigenvalue weighted by atomic mass is 9.93. The van der Waals surface area contributed by atoms with Crippen molar-refractivity contribution in [2.45, 2.75) is 44.6 Å². The van der Waals surface area contributed by atoms with Crippen molar-refractivity contribution in [2.75, 3.05) is 45.6 Å². The molecule has 0 saturated carbocycles. The van der Waals surface area contributed by atoms with Crippen LogP contribution in [-0.2, 0) is 9.59 Å². The average Bonchev–Trinajstić information content (AvgIpc) is 2.84. The van der Waals surface area contributed by atoms with Crippen LogP contribution in [0.5, 0.6) is 5.75 Å². The Labute approximate surface area is 199 Å². The second-order valence-corrected chi connectivity index (χ2v) is 9.10. The zero-order valence-electron chi connectivity index (χ0n) is 19.1. The standard InChI is InChI=1S/C23H34ClN5O4/c1-33-20-14-19(26)18(24)13-17(20)22(31)27-16-6-11-29(12-7-16)23(32)15-4-9-28(10-5-15)21(30)3-2-8-25/h13-16H,2-12,25-26H2,1H3,(H,27,31). The SMILES string of the molecule is COc1cc(N)c(Cl)cc1C(=O)NC1CCN(C(=O)C2CCN(C(=O)CCCN)CC2)CC1. The molecule has 0 unspecified atom stereocenters. The maximum Gasteiger partial charge on any atom is 0.255 e. The highest BCUT2D eigenvalue weighted by Crippen LogP contribution is 2.29. The number of hydrogen-bond acceptors (Lipinski definition) is 6. The number of nitrogens with zero attached hydrogens (tertiary/aromatic N) is 2. The molecular weight excluding hydrogens is 446 g/mol. The minimum atomic E-state index is -0.273. The Kier molecular flexibility index (Phi) is 8.80. The molecule has 5 N–H and O–H groups in total. The van der Waals surface area contributed by atoms with Gasteiger partial charge in [-0.25, -0.2) is 0 Å². The van der Waals surface area contributed by atoms with E-state index < -0.39 is 0 Å². The Morgan fingerprint density at radius 1 is 1.09 bits per heavy atom. The lowest BCUT2D eigenvalue weighted by molar-refractivity contribution is -0.141. The summed E-state index contributed by atoms with van der Waals surface area (Å²) in [5.41, 5.74) is 12.0. The van der Waals surface area contributed by atoms with Crippen LogP contribution >= 0.6 is 11.6 Å². The van der Waals surface area contributed by atoms with E-state index in [1.54, 1.807) is 0 Å². The number of carbonyl (C=O) groups is 3. The van der Waals surface area contributed by atoms with Crippen LogP contribution in [0.15, 0.2) is 12.1 Å². The van der Waals surface area contributed by atoms with E-state index in [0.29, 0.717) is 93.3 Å². The predicted molar refractivity (Wildman–Crippen MR) is 127 cm³/mol. The molecule has 0 atom stereocenters. The Balaban J connectivity index is 1.46. The third-order valence-corrected chi connectivity index (χ3v) is 6.82. The number of ether oxygens (including phenoxy) is 1. The third-order valence-electron chi connectivity index (χ3n) is 6.50. The summed E-state index contributed by atoms with van der Waals surface area (Å²) in [5.74, 6) is 0.332. The molecule has 0 aromatic heterocycles. The number of likely N-dealkylation sites (tertiary alicyclic amines) is 2. The Morgan fingerprint density at radius 2 is 1.73 bits per heavy atom. The molecule has 33 heavy (non-hydrogen) atoms. The number of methoxy groups -OCH3 is 1. The molecule has 1 aromatic rings. The number of amides is 3. The molecule has 0 spiro atoms. The maximum absolute atomic E-state index is 13.0. The first-order chi connectivity index (χ1) is 15.8. The van der Waals surface area contributed by atoms with Crippen molar-refractivity contribution in [1.29, 1.82) is 0 Å². The zero-order chi connectivity index (χ0) is 24.0. The lowest BCUT2D eigenvalue weighted by Gasteiger charge is -2.37. The van der Waals surface area contributed by atoms with E-state index in [1.807, 2.05) is 9.80 Å². The molecule has 2 heterocycles. The van der Waals surface area contributed by atoms with E-state index in [1.165, 1.54) is 19.2 Å². The van der Waals surface area contributed by atoms with Gasteiger partial charge in [-0.3, -0.25) is 14.4 Å². The number of nitrogens with two attached hydrogens (primary N) is 2. The molecule has 0 radical (unpaired) electrons. The van der Waals surface area contributed by atoms with Gasteiger partial charge < -0.3 is 31.3 Å². The van der Waals surface area contributed by atoms with Crippen LogP contribution in [0.2, 0.25) is 5.02 Å². The quantitative estimate of drug-likeness (QED) is 0.509. The van der Waals surface area contributed by atoms with Gasteiger partial charge in [0, 0.05) is 50.6 Å². The number of hydrogen-bond donors (Lipinski definition) is 3. The van der Waals surface area contributed by atoms with E-state index in [4.69, 9.17) is 27.8 Å². The second kappa shape index (κ2) is 11.6. The molecule has 10 heteroatoms. The monoisotopic (exact) mass is 479 g/mol. The molecule has 0 bridgehead atoms. The summed E-state index contributed by atoms with van der Waals surface area (Å²) in [6.45, 7) is 2.95. The number of benzene rings is 1. The van der Waals surface area contributed by atoms with Crippen molar-refractivity contribution in [3.8, 4) is 5.75 Å². The van der Waals surface area contributed by atoms with Crippen molar-refractivity contribution in [1.82, 2.24) is 15.1 Å². The lowest BCUT2D eigenvalue weighted by Crippen LogP contribution is -2.50. The summed E-state index contributed by atoms with van der Waals surface area (Å²) >= 11 is 6.07. The fraction of sp³-hybridized carbons (Fsp3) is 0.609. The van der Waals surface area contributed by atoms with Gasteiger partial charge in [0.05, 0.1) is 23.4 Å². The van der Waals surface area contributed by atoms with Crippen LogP contribution in [0.1, 0.15) is 48.9 Å². The fourth-order valence-electron chi connectivity index (χ4n) is 4.47. The van der Waals surface area contributed by atoms with E-state index in [-0.39, 0.29) is 29.7 Å². The van der Waals surface area contributed by atoms with Crippen molar-refractivity contribution in [3.63, 3.8) is 0 Å². The summed E-state index contributed by atoms with van der Waals surface area (Å²) in [6.07, 6.45) is 3.92. The van der Waals surface area contributed by atoms with Crippen LogP contribution in [0, 0.1) is 5.92 Å². The van der Waals surface area contributed by atoms with Gasteiger partial charge in [-0.05, 0) is 44.7 Å². The minimum absolute atomic E-state index is 0.0374. The van der Waals surface area contributed by atoms with E-state index >= 15 is 0 Å². The van der Waals surface area contributed by atoms with Gasteiger partial charge in [0.25, 0.3) is 5.91 Å². The summed E-state index contributed by atoms with van der Waals surface area (Å²) < 4.78 is 5.27. The number of carbonyl (C=O) groups excluding carboxylic acids is 3. The van der Waals surface area contributed by atoms with Gasteiger partial charge in [0.15, 0.2) is 0 Å². The zero-order valence-corrected chi connectivity index (χ0v) is 19.9. The number of halogens is 1. The number of rotatable bonds is 7. The molecule has 2 aliphatic heterocycles. The van der Waals surface area contributed by atoms with Crippen LogP contribution in [0.4, 0.5) is 5.69 Å². The predicted octanol–water partition coefficient (Wildman–Crippen LogP) is 1.63. The van der Waals surface area contributed by atoms with Crippen molar-refractivity contribution >= 4 is 35.0 Å². The second-order valence-electron chi connectivity index (χ2n) is 8.69. The maximum atomic E-state index is 13.0. The summed E-state index contributed by atoms with van der Waals surface area (Å²) in [7, 11) is 1.48. The first-order valence-electron chi connectivity index (χ1n) is 11.5. The number of anilines is 1. The number of piperidine rings is 2. The minimum Gasteiger partial charge on any atom is -0.496 e. The van der Waals surface area contributed by atoms with Crippen LogP contribution < -0.4 is 21.5 Å². The van der Waals surface area contributed by atoms with Crippen molar-refractivity contribution < 1.29 is 19.1 Å². The van der Waals surface area contributed by atoms with Gasteiger partial charge in [0.1, 0.15) is 5.75 Å². The van der Waals surface area contributed by atoms with Gasteiger partial charge in [0.2, 0.25) is 11.8 Å². The van der Waals surface area contributed by atoms with E-state index in [2.05, 4.69) is 5.32 Å². The van der Waals surface area contributed by atoms with Gasteiger partial charge in [-0.1, -0.05) is 11.6 Å². The Bertz CT molecular complexity index is 865. The normalized spacial score (nSPS) is 17.7. The van der Waals surface area contributed by atoms with Crippen molar-refractivity contribution in [2.24, 2.45) is 11.7 Å². The third kappa shape index (κ3) is 6.29. The van der Waals surface area contributed by atoms with Crippen molar-refractivity contribution in [3.05, 3.63) is 22.7 Å². The molecule has 9 nitrogen and oxygen atoms in total. The molecule has 0 aliphatic carbocycles. The van der Waals surface area contributed by atoms with Gasteiger partial charge >= 0.3 is 0 Å². The molecule has 3 rings (SSSR count). The Morgan fingerprint density at radius 3 is 2.33 bits per heavy atom. The van der Waals surface area contributed by atoms with E-state index in [9.17, 15) is 14.4 Å². The molecule has 2 saturated heterocycles. The molecule has 2 fully saturated rings. The molecule has 1 aromatic carbocycles. The summed E-state index contributed by atoms with van der Waals surface area (Å²) in [4.78, 5) is 41.6. The number of nitrogens with one attached hydrogen (secondary N) is 1. The molecule has 182 valence electrons. The Hall–Kier alpha value is -2.52. The van der Waals surface area contributed by atoms with Crippen LogP contribution in [0.25, 0.3) is 0 Å². The largest absolute Gasteiger partial charge is 0.496 e. The molecule has 3 amide bonds. The number of nitrogen functional groups attached to an aromatic ring is 1. The topological polar surface area (TPSA) is 131 Å². The van der Waals surface area contributed by atoms with Crippen LogP contribution in [-0.4, -0.2) is 73.4 Å².